The SMILES string of the molecule is CCCCCCCOC(=O)c1cccc(N2C(=O)[C@H]3C4c5ccccc5C(Br)(c5ccccc54)[C@H]3C2=O)c1. The number of esters is 1. The zero-order valence-electron chi connectivity index (χ0n) is 21.4. The third kappa shape index (κ3) is 3.68. The van der Waals surface area contributed by atoms with Crippen LogP contribution < -0.4 is 4.90 Å². The van der Waals surface area contributed by atoms with E-state index >= 15 is 0 Å². The average Bonchev–Trinajstić information content (AvgIpc) is 3.22. The summed E-state index contributed by atoms with van der Waals surface area (Å²) < 4.78 is 4.69. The summed E-state index contributed by atoms with van der Waals surface area (Å²) in [6, 6.07) is 22.9. The minimum Gasteiger partial charge on any atom is -0.462 e. The number of hydrogen-bond acceptors (Lipinski definition) is 4. The summed E-state index contributed by atoms with van der Waals surface area (Å²) >= 11 is 4.02. The lowest BCUT2D eigenvalue weighted by Crippen LogP contribution is -2.50. The van der Waals surface area contributed by atoms with E-state index in [2.05, 4.69) is 47.1 Å². The summed E-state index contributed by atoms with van der Waals surface area (Å²) in [6.07, 6.45) is 5.34. The smallest absolute Gasteiger partial charge is 0.338 e. The Kier molecular flexibility index (Phi) is 6.47. The Balaban J connectivity index is 1.31. The average molecular weight is 572 g/mol. The first-order chi connectivity index (χ1) is 18.5. The van der Waals surface area contributed by atoms with Crippen LogP contribution in [-0.2, 0) is 18.7 Å². The van der Waals surface area contributed by atoms with Crippen LogP contribution in [0.3, 0.4) is 0 Å². The van der Waals surface area contributed by atoms with Crippen molar-refractivity contribution in [1.82, 2.24) is 0 Å². The van der Waals surface area contributed by atoms with Gasteiger partial charge in [0.15, 0.2) is 0 Å². The quantitative estimate of drug-likeness (QED) is 0.130. The van der Waals surface area contributed by atoms with E-state index in [0.29, 0.717) is 17.9 Å². The number of carbonyl (C=O) groups is 3. The lowest BCUT2D eigenvalue weighted by Gasteiger charge is -2.51. The summed E-state index contributed by atoms with van der Waals surface area (Å²) in [5, 5.41) is 0. The molecule has 0 spiro atoms. The zero-order chi connectivity index (χ0) is 26.4. The zero-order valence-corrected chi connectivity index (χ0v) is 22.9. The number of ether oxygens (including phenoxy) is 1. The molecule has 194 valence electrons. The normalized spacial score (nSPS) is 24.7. The van der Waals surface area contributed by atoms with Crippen molar-refractivity contribution in [3.05, 3.63) is 101 Å². The van der Waals surface area contributed by atoms with Gasteiger partial charge < -0.3 is 4.74 Å². The Morgan fingerprint density at radius 2 is 1.53 bits per heavy atom. The van der Waals surface area contributed by atoms with Crippen molar-refractivity contribution in [1.29, 1.82) is 0 Å². The molecule has 2 amide bonds. The van der Waals surface area contributed by atoms with Crippen LogP contribution >= 0.6 is 15.9 Å². The fraction of sp³-hybridized carbons (Fsp3) is 0.344. The highest BCUT2D eigenvalue weighted by Gasteiger charge is 2.67. The van der Waals surface area contributed by atoms with Gasteiger partial charge in [0.25, 0.3) is 0 Å². The van der Waals surface area contributed by atoms with E-state index < -0.39 is 22.1 Å². The standard InChI is InChI=1S/C32H30BrNO4/c1-2-3-4-5-10-18-38-31(37)20-12-11-13-21(19-20)34-29(35)27-26-22-14-6-8-16-24(22)32(33,28(27)30(34)36)25-17-9-7-15-23(25)26/h6-9,11-17,19,26-28H,2-5,10,18H2,1H3/t26?,27-,28+,32?/m0/s1. The van der Waals surface area contributed by atoms with E-state index in [1.165, 1.54) is 11.3 Å². The molecule has 38 heavy (non-hydrogen) atoms. The van der Waals surface area contributed by atoms with Crippen molar-refractivity contribution in [3.63, 3.8) is 0 Å². The summed E-state index contributed by atoms with van der Waals surface area (Å²) in [5.41, 5.74) is 5.02. The van der Waals surface area contributed by atoms with Crippen LogP contribution in [0, 0.1) is 11.8 Å². The molecule has 0 N–H and O–H groups in total. The van der Waals surface area contributed by atoms with Gasteiger partial charge in [0, 0.05) is 5.92 Å². The van der Waals surface area contributed by atoms with Gasteiger partial charge in [0.05, 0.1) is 34.0 Å². The maximum Gasteiger partial charge on any atom is 0.338 e. The molecule has 6 heteroatoms. The van der Waals surface area contributed by atoms with Crippen molar-refractivity contribution in [2.75, 3.05) is 11.5 Å². The number of nitrogens with zero attached hydrogens (tertiary/aromatic N) is 1. The highest BCUT2D eigenvalue weighted by molar-refractivity contribution is 9.09. The van der Waals surface area contributed by atoms with Crippen LogP contribution in [-0.4, -0.2) is 24.4 Å². The van der Waals surface area contributed by atoms with Crippen molar-refractivity contribution in [3.8, 4) is 0 Å². The number of alkyl halides is 1. The van der Waals surface area contributed by atoms with E-state index in [-0.39, 0.29) is 17.7 Å². The van der Waals surface area contributed by atoms with E-state index in [9.17, 15) is 14.4 Å². The fourth-order valence-electron chi connectivity index (χ4n) is 6.66. The van der Waals surface area contributed by atoms with Crippen molar-refractivity contribution in [2.24, 2.45) is 11.8 Å². The monoisotopic (exact) mass is 571 g/mol. The van der Waals surface area contributed by atoms with Gasteiger partial charge in [0.2, 0.25) is 11.8 Å². The molecule has 1 saturated heterocycles. The summed E-state index contributed by atoms with van der Waals surface area (Å²) in [6.45, 7) is 2.53. The van der Waals surface area contributed by atoms with E-state index in [1.807, 2.05) is 24.3 Å². The maximum atomic E-state index is 14.1. The predicted octanol–water partition coefficient (Wildman–Crippen LogP) is 6.72. The minimum atomic E-state index is -0.796. The Morgan fingerprint density at radius 3 is 2.21 bits per heavy atom. The molecular weight excluding hydrogens is 542 g/mol. The summed E-state index contributed by atoms with van der Waals surface area (Å²) in [7, 11) is 0. The minimum absolute atomic E-state index is 0.200. The summed E-state index contributed by atoms with van der Waals surface area (Å²) in [5.74, 6) is -2.20. The molecule has 1 aliphatic heterocycles. The number of anilines is 1. The van der Waals surface area contributed by atoms with Crippen LogP contribution in [0.25, 0.3) is 0 Å². The highest BCUT2D eigenvalue weighted by atomic mass is 79.9. The van der Waals surface area contributed by atoms with Crippen molar-refractivity contribution >= 4 is 39.4 Å². The van der Waals surface area contributed by atoms with E-state index in [1.54, 1.807) is 24.3 Å². The van der Waals surface area contributed by atoms with Gasteiger partial charge in [-0.2, -0.15) is 0 Å². The molecule has 0 radical (unpaired) electrons. The topological polar surface area (TPSA) is 63.7 Å². The van der Waals surface area contributed by atoms with Gasteiger partial charge in [-0.25, -0.2) is 9.69 Å². The second kappa shape index (κ2) is 9.81. The van der Waals surface area contributed by atoms with Gasteiger partial charge >= 0.3 is 5.97 Å². The largest absolute Gasteiger partial charge is 0.462 e. The number of unbranched alkanes of at least 4 members (excludes halogenated alkanes) is 4. The molecule has 2 bridgehead atoms. The Bertz CT molecular complexity index is 1380. The number of hydrogen-bond donors (Lipinski definition) is 0. The molecular formula is C32H30BrNO4. The number of imide groups is 1. The predicted molar refractivity (Wildman–Crippen MR) is 149 cm³/mol. The third-order valence-electron chi connectivity index (χ3n) is 8.34. The van der Waals surface area contributed by atoms with Gasteiger partial charge in [-0.3, -0.25) is 9.59 Å². The van der Waals surface area contributed by atoms with Crippen LogP contribution in [0.15, 0.2) is 72.8 Å². The number of rotatable bonds is 8. The molecule has 3 aromatic carbocycles. The van der Waals surface area contributed by atoms with Gasteiger partial charge in [-0.15, -0.1) is 0 Å². The molecule has 1 heterocycles. The molecule has 0 saturated carbocycles. The Hall–Kier alpha value is -3.25. The molecule has 4 aliphatic rings. The summed E-state index contributed by atoms with van der Waals surface area (Å²) in [4.78, 5) is 42.2. The number of carbonyl (C=O) groups excluding carboxylic acids is 3. The second-order valence-corrected chi connectivity index (χ2v) is 11.7. The van der Waals surface area contributed by atoms with E-state index in [4.69, 9.17) is 4.74 Å². The van der Waals surface area contributed by atoms with Gasteiger partial charge in [-0.05, 0) is 46.9 Å². The van der Waals surface area contributed by atoms with Gasteiger partial charge in [0.1, 0.15) is 0 Å². The lowest BCUT2D eigenvalue weighted by molar-refractivity contribution is -0.122. The first-order valence-corrected chi connectivity index (χ1v) is 14.3. The Labute approximate surface area is 231 Å². The van der Waals surface area contributed by atoms with Crippen LogP contribution in [0.5, 0.6) is 0 Å². The fourth-order valence-corrected chi connectivity index (χ4v) is 7.86. The molecule has 5 nitrogen and oxygen atoms in total. The lowest BCUT2D eigenvalue weighted by atomic mass is 9.55. The van der Waals surface area contributed by atoms with Crippen LogP contribution in [0.2, 0.25) is 0 Å². The molecule has 1 fully saturated rings. The number of benzene rings is 3. The highest BCUT2D eigenvalue weighted by Crippen LogP contribution is 2.66. The molecule has 2 atom stereocenters. The maximum absolute atomic E-state index is 14.1. The Morgan fingerprint density at radius 1 is 0.868 bits per heavy atom. The third-order valence-corrected chi connectivity index (χ3v) is 9.68. The van der Waals surface area contributed by atoms with Crippen LogP contribution in [0.1, 0.15) is 77.6 Å². The van der Waals surface area contributed by atoms with Gasteiger partial charge in [-0.1, -0.05) is 103 Å². The van der Waals surface area contributed by atoms with Crippen molar-refractivity contribution < 1.29 is 19.1 Å². The first-order valence-electron chi connectivity index (χ1n) is 13.5. The second-order valence-electron chi connectivity index (χ2n) is 10.5. The van der Waals surface area contributed by atoms with Crippen molar-refractivity contribution in [2.45, 2.75) is 49.3 Å². The molecule has 7 rings (SSSR count). The molecule has 0 aromatic heterocycles. The molecule has 0 unspecified atom stereocenters. The van der Waals surface area contributed by atoms with Crippen LogP contribution in [0.4, 0.5) is 5.69 Å². The van der Waals surface area contributed by atoms with E-state index in [0.717, 1.165) is 47.9 Å². The number of halogens is 1. The molecule has 3 aliphatic carbocycles. The number of amides is 2. The molecule has 3 aromatic rings. The first kappa shape index (κ1) is 25.1.